The second kappa shape index (κ2) is 4.55. The molecule has 2 fully saturated rings. The predicted octanol–water partition coefficient (Wildman–Crippen LogP) is 2.98. The van der Waals surface area contributed by atoms with Crippen molar-refractivity contribution in [1.82, 2.24) is 15.3 Å². The maximum Gasteiger partial charge on any atom is 0.131 e. The largest absolute Gasteiger partial charge is 0.313 e. The molecule has 0 amide bonds. The number of rotatable bonds is 2. The first-order chi connectivity index (χ1) is 9.35. The third kappa shape index (κ3) is 1.90. The van der Waals surface area contributed by atoms with Crippen molar-refractivity contribution in [1.29, 1.82) is 0 Å². The van der Waals surface area contributed by atoms with Gasteiger partial charge in [-0.25, -0.2) is 9.97 Å². The lowest BCUT2D eigenvalue weighted by molar-refractivity contribution is 0.401. The summed E-state index contributed by atoms with van der Waals surface area (Å²) >= 11 is 0. The van der Waals surface area contributed by atoms with Gasteiger partial charge in [0.2, 0.25) is 0 Å². The molecule has 0 saturated heterocycles. The molecule has 1 aromatic heterocycles. The number of fused-ring (bicyclic) bond motifs is 3. The molecule has 1 heterocycles. The Kier molecular flexibility index (Phi) is 2.83. The van der Waals surface area contributed by atoms with Crippen molar-refractivity contribution < 1.29 is 0 Å². The molecule has 102 valence electrons. The van der Waals surface area contributed by atoms with Gasteiger partial charge in [0, 0.05) is 29.4 Å². The van der Waals surface area contributed by atoms with Gasteiger partial charge in [-0.2, -0.15) is 0 Å². The molecule has 2 saturated carbocycles. The van der Waals surface area contributed by atoms with E-state index in [1.165, 1.54) is 49.8 Å². The third-order valence-electron chi connectivity index (χ3n) is 5.62. The van der Waals surface area contributed by atoms with E-state index in [0.717, 1.165) is 24.1 Å². The Morgan fingerprint density at radius 2 is 2.16 bits per heavy atom. The maximum atomic E-state index is 4.96. The zero-order valence-electron chi connectivity index (χ0n) is 11.7. The van der Waals surface area contributed by atoms with Gasteiger partial charge < -0.3 is 5.32 Å². The summed E-state index contributed by atoms with van der Waals surface area (Å²) in [7, 11) is 2.05. The van der Waals surface area contributed by atoms with Crippen LogP contribution in [0.3, 0.4) is 0 Å². The normalized spacial score (nSPS) is 36.5. The van der Waals surface area contributed by atoms with Crippen molar-refractivity contribution in [3.63, 3.8) is 0 Å². The summed E-state index contributed by atoms with van der Waals surface area (Å²) in [5.74, 6) is 3.67. The minimum atomic E-state index is 0.470. The standard InChI is InChI=1S/C16H23N3/c1-17-14-3-2-4-15-13(14)9-18-16(19-15)12-8-10-5-6-11(12)7-10/h9-12,14,17H,2-8H2,1H3. The smallest absolute Gasteiger partial charge is 0.131 e. The summed E-state index contributed by atoms with van der Waals surface area (Å²) < 4.78 is 0. The van der Waals surface area contributed by atoms with Crippen LogP contribution < -0.4 is 5.32 Å². The van der Waals surface area contributed by atoms with Gasteiger partial charge in [-0.3, -0.25) is 0 Å². The number of hydrogen-bond acceptors (Lipinski definition) is 3. The Morgan fingerprint density at radius 1 is 1.21 bits per heavy atom. The molecule has 3 aliphatic carbocycles. The molecule has 4 rings (SSSR count). The second-order valence-corrected chi connectivity index (χ2v) is 6.65. The van der Waals surface area contributed by atoms with Gasteiger partial charge in [-0.05, 0) is 57.4 Å². The number of nitrogens with zero attached hydrogens (tertiary/aromatic N) is 2. The molecular weight excluding hydrogens is 234 g/mol. The first-order valence-corrected chi connectivity index (χ1v) is 7.88. The minimum Gasteiger partial charge on any atom is -0.313 e. The number of aromatic nitrogens is 2. The Bertz CT molecular complexity index is 485. The Morgan fingerprint density at radius 3 is 2.89 bits per heavy atom. The first kappa shape index (κ1) is 11.8. The predicted molar refractivity (Wildman–Crippen MR) is 75.0 cm³/mol. The summed E-state index contributed by atoms with van der Waals surface area (Å²) in [4.78, 5) is 9.70. The lowest BCUT2D eigenvalue weighted by atomic mass is 9.87. The molecule has 3 aliphatic rings. The summed E-state index contributed by atoms with van der Waals surface area (Å²) in [6, 6.07) is 0.470. The molecule has 3 nitrogen and oxygen atoms in total. The maximum absolute atomic E-state index is 4.96. The van der Waals surface area contributed by atoms with E-state index < -0.39 is 0 Å². The number of aryl methyl sites for hydroxylation is 1. The topological polar surface area (TPSA) is 37.8 Å². The number of nitrogens with one attached hydrogen (secondary N) is 1. The molecule has 0 radical (unpaired) electrons. The van der Waals surface area contributed by atoms with E-state index in [0.29, 0.717) is 12.0 Å². The fourth-order valence-electron chi connectivity index (χ4n) is 4.60. The van der Waals surface area contributed by atoms with E-state index in [1.54, 1.807) is 0 Å². The van der Waals surface area contributed by atoms with Gasteiger partial charge in [0.25, 0.3) is 0 Å². The summed E-state index contributed by atoms with van der Waals surface area (Å²) in [6.07, 6.45) is 11.4. The van der Waals surface area contributed by atoms with Crippen LogP contribution in [-0.4, -0.2) is 17.0 Å². The van der Waals surface area contributed by atoms with Crippen LogP contribution in [0.1, 0.15) is 67.6 Å². The highest BCUT2D eigenvalue weighted by molar-refractivity contribution is 5.25. The summed E-state index contributed by atoms with van der Waals surface area (Å²) in [5.41, 5.74) is 2.67. The van der Waals surface area contributed by atoms with Gasteiger partial charge in [0.1, 0.15) is 5.82 Å². The minimum absolute atomic E-state index is 0.470. The van der Waals surface area contributed by atoms with Crippen molar-refractivity contribution in [3.8, 4) is 0 Å². The monoisotopic (exact) mass is 257 g/mol. The zero-order chi connectivity index (χ0) is 12.8. The first-order valence-electron chi connectivity index (χ1n) is 7.88. The van der Waals surface area contributed by atoms with Gasteiger partial charge in [-0.15, -0.1) is 0 Å². The molecule has 1 N–H and O–H groups in total. The van der Waals surface area contributed by atoms with Crippen LogP contribution in [0, 0.1) is 11.8 Å². The molecule has 1 aromatic rings. The molecule has 19 heavy (non-hydrogen) atoms. The van der Waals surface area contributed by atoms with E-state index in [2.05, 4.69) is 11.5 Å². The quantitative estimate of drug-likeness (QED) is 0.885. The molecule has 3 heteroatoms. The average molecular weight is 257 g/mol. The van der Waals surface area contributed by atoms with Gasteiger partial charge in [0.15, 0.2) is 0 Å². The lowest BCUT2D eigenvalue weighted by Gasteiger charge is -2.26. The average Bonchev–Trinajstić information content (AvgIpc) is 3.08. The van der Waals surface area contributed by atoms with Crippen molar-refractivity contribution in [2.75, 3.05) is 7.05 Å². The van der Waals surface area contributed by atoms with E-state index in [-0.39, 0.29) is 0 Å². The highest BCUT2D eigenvalue weighted by Gasteiger charge is 2.41. The molecule has 2 bridgehead atoms. The molecule has 4 unspecified atom stereocenters. The van der Waals surface area contributed by atoms with Crippen LogP contribution in [0.5, 0.6) is 0 Å². The third-order valence-corrected chi connectivity index (χ3v) is 5.62. The Labute approximate surface area is 115 Å². The lowest BCUT2D eigenvalue weighted by Crippen LogP contribution is -2.24. The fraction of sp³-hybridized carbons (Fsp3) is 0.750. The van der Waals surface area contributed by atoms with Crippen LogP contribution in [0.25, 0.3) is 0 Å². The van der Waals surface area contributed by atoms with Crippen LogP contribution in [0.2, 0.25) is 0 Å². The second-order valence-electron chi connectivity index (χ2n) is 6.65. The Hall–Kier alpha value is -0.960. The fourth-order valence-corrected chi connectivity index (χ4v) is 4.60. The van der Waals surface area contributed by atoms with E-state index in [1.807, 2.05) is 7.05 Å². The van der Waals surface area contributed by atoms with Crippen molar-refractivity contribution in [2.24, 2.45) is 11.8 Å². The van der Waals surface area contributed by atoms with Crippen LogP contribution in [0.15, 0.2) is 6.20 Å². The van der Waals surface area contributed by atoms with Crippen LogP contribution in [0.4, 0.5) is 0 Å². The van der Waals surface area contributed by atoms with Crippen molar-refractivity contribution >= 4 is 0 Å². The number of hydrogen-bond donors (Lipinski definition) is 1. The SMILES string of the molecule is CNC1CCCc2nc(C3CC4CCC3C4)ncc21. The van der Waals surface area contributed by atoms with Crippen molar-refractivity contribution in [3.05, 3.63) is 23.3 Å². The highest BCUT2D eigenvalue weighted by atomic mass is 14.9. The molecular formula is C16H23N3. The highest BCUT2D eigenvalue weighted by Crippen LogP contribution is 2.52. The van der Waals surface area contributed by atoms with E-state index in [9.17, 15) is 0 Å². The van der Waals surface area contributed by atoms with Gasteiger partial charge >= 0.3 is 0 Å². The Balaban J connectivity index is 1.64. The van der Waals surface area contributed by atoms with E-state index in [4.69, 9.17) is 9.97 Å². The van der Waals surface area contributed by atoms with E-state index >= 15 is 0 Å². The molecule has 0 spiro atoms. The zero-order valence-corrected chi connectivity index (χ0v) is 11.7. The summed E-state index contributed by atoms with van der Waals surface area (Å²) in [5, 5.41) is 3.40. The molecule has 0 aromatic carbocycles. The van der Waals surface area contributed by atoms with Crippen LogP contribution in [-0.2, 0) is 6.42 Å². The van der Waals surface area contributed by atoms with Gasteiger partial charge in [-0.1, -0.05) is 6.42 Å². The van der Waals surface area contributed by atoms with Crippen LogP contribution >= 0.6 is 0 Å². The van der Waals surface area contributed by atoms with Crippen molar-refractivity contribution in [2.45, 2.75) is 56.9 Å². The molecule has 4 atom stereocenters. The summed E-state index contributed by atoms with van der Waals surface area (Å²) in [6.45, 7) is 0. The molecule has 0 aliphatic heterocycles. The van der Waals surface area contributed by atoms with Gasteiger partial charge in [0.05, 0.1) is 0 Å².